The lowest BCUT2D eigenvalue weighted by atomic mass is 9.95. The van der Waals surface area contributed by atoms with Crippen molar-refractivity contribution in [3.05, 3.63) is 28.8 Å². The second kappa shape index (κ2) is 8.79. The summed E-state index contributed by atoms with van der Waals surface area (Å²) in [6, 6.07) is 3.99. The molecule has 1 atom stereocenters. The molecule has 3 heterocycles. The van der Waals surface area contributed by atoms with Crippen molar-refractivity contribution in [3.63, 3.8) is 0 Å². The van der Waals surface area contributed by atoms with Gasteiger partial charge in [0, 0.05) is 49.6 Å². The molecule has 1 aliphatic carbocycles. The molecule has 1 saturated carbocycles. The van der Waals surface area contributed by atoms with Gasteiger partial charge in [-0.3, -0.25) is 9.59 Å². The summed E-state index contributed by atoms with van der Waals surface area (Å²) in [6.07, 6.45) is 7.10. The van der Waals surface area contributed by atoms with Gasteiger partial charge in [-0.1, -0.05) is 18.9 Å². The summed E-state index contributed by atoms with van der Waals surface area (Å²) >= 11 is 1.47. The normalized spacial score (nSPS) is 20.1. The van der Waals surface area contributed by atoms with E-state index < -0.39 is 0 Å². The summed E-state index contributed by atoms with van der Waals surface area (Å²) in [5.74, 6) is 0.710. The molecule has 29 heavy (non-hydrogen) atoms. The van der Waals surface area contributed by atoms with Crippen LogP contribution in [-0.2, 0) is 4.79 Å². The zero-order valence-electron chi connectivity index (χ0n) is 17.3. The highest BCUT2D eigenvalue weighted by Crippen LogP contribution is 2.40. The van der Waals surface area contributed by atoms with Crippen LogP contribution in [0.25, 0.3) is 10.2 Å². The average Bonchev–Trinajstić information content (AvgIpc) is 3.45. The molecule has 2 aromatic rings. The minimum Gasteiger partial charge on any atom is -0.350 e. The van der Waals surface area contributed by atoms with E-state index in [-0.39, 0.29) is 17.7 Å². The van der Waals surface area contributed by atoms with Gasteiger partial charge in [0.25, 0.3) is 5.91 Å². The Labute approximate surface area is 176 Å². The first-order chi connectivity index (χ1) is 14.0. The number of hydrogen-bond donors (Lipinski definition) is 1. The molecular formula is C22H30N4O2S. The second-order valence-electron chi connectivity index (χ2n) is 8.51. The number of nitrogens with one attached hydrogen (secondary N) is 1. The lowest BCUT2D eigenvalue weighted by Crippen LogP contribution is -2.33. The Hall–Kier alpha value is -1.99. The topological polar surface area (TPSA) is 65.5 Å². The molecule has 1 saturated heterocycles. The van der Waals surface area contributed by atoms with Gasteiger partial charge in [0.15, 0.2) is 0 Å². The van der Waals surface area contributed by atoms with Gasteiger partial charge < -0.3 is 15.1 Å². The van der Waals surface area contributed by atoms with E-state index in [9.17, 15) is 9.59 Å². The van der Waals surface area contributed by atoms with Crippen molar-refractivity contribution < 1.29 is 9.59 Å². The van der Waals surface area contributed by atoms with Gasteiger partial charge in [-0.25, -0.2) is 4.98 Å². The van der Waals surface area contributed by atoms with Gasteiger partial charge in [0.1, 0.15) is 4.83 Å². The smallest absolute Gasteiger partial charge is 0.261 e. The maximum absolute atomic E-state index is 13.0. The predicted molar refractivity (Wildman–Crippen MR) is 116 cm³/mol. The molecule has 1 N–H and O–H groups in total. The maximum Gasteiger partial charge on any atom is 0.261 e. The summed E-state index contributed by atoms with van der Waals surface area (Å²) in [7, 11) is 3.99. The number of likely N-dealkylation sites (N-methyl/N-ethyl adjacent to an activating group) is 1. The summed E-state index contributed by atoms with van der Waals surface area (Å²) < 4.78 is 0. The molecule has 0 spiro atoms. The zero-order valence-corrected chi connectivity index (χ0v) is 18.1. The Kier molecular flexibility index (Phi) is 6.15. The van der Waals surface area contributed by atoms with Crippen molar-refractivity contribution in [1.82, 2.24) is 20.1 Å². The minimum absolute atomic E-state index is 0.0228. The van der Waals surface area contributed by atoms with Crippen LogP contribution in [0.5, 0.6) is 0 Å². The monoisotopic (exact) mass is 414 g/mol. The third-order valence-corrected chi connectivity index (χ3v) is 7.30. The number of rotatable bonds is 6. The van der Waals surface area contributed by atoms with Crippen molar-refractivity contribution in [3.8, 4) is 0 Å². The first-order valence-corrected chi connectivity index (χ1v) is 11.5. The van der Waals surface area contributed by atoms with Gasteiger partial charge in [0.05, 0.1) is 4.88 Å². The highest BCUT2D eigenvalue weighted by Gasteiger charge is 2.35. The summed E-state index contributed by atoms with van der Waals surface area (Å²) in [4.78, 5) is 36.1. The van der Waals surface area contributed by atoms with Gasteiger partial charge in [0.2, 0.25) is 5.91 Å². The van der Waals surface area contributed by atoms with Crippen molar-refractivity contribution in [2.24, 2.45) is 5.92 Å². The number of fused-ring (bicyclic) bond motifs is 1. The number of amides is 2. The van der Waals surface area contributed by atoms with Gasteiger partial charge in [-0.15, -0.1) is 11.3 Å². The third kappa shape index (κ3) is 4.31. The molecule has 2 aliphatic rings. The fraction of sp³-hybridized carbons (Fsp3) is 0.591. The van der Waals surface area contributed by atoms with Crippen LogP contribution in [0.15, 0.2) is 18.3 Å². The van der Waals surface area contributed by atoms with Crippen LogP contribution in [0, 0.1) is 5.92 Å². The molecule has 1 unspecified atom stereocenters. The van der Waals surface area contributed by atoms with E-state index >= 15 is 0 Å². The van der Waals surface area contributed by atoms with Crippen LogP contribution < -0.4 is 5.32 Å². The zero-order chi connectivity index (χ0) is 20.4. The largest absolute Gasteiger partial charge is 0.350 e. The van der Waals surface area contributed by atoms with Crippen LogP contribution in [-0.4, -0.2) is 66.9 Å². The number of pyridine rings is 1. The SMILES string of the molecule is CN(C)CCNC(=O)c1sc2ncccc2c1C1CCN(C(=O)C2CCCC2)C1. The van der Waals surface area contributed by atoms with Crippen LogP contribution in [0.2, 0.25) is 0 Å². The molecule has 0 radical (unpaired) electrons. The number of hydrogen-bond acceptors (Lipinski definition) is 5. The molecule has 6 nitrogen and oxygen atoms in total. The standard InChI is InChI=1S/C22H30N4O2S/c1-25(2)13-11-23-20(27)19-18(17-8-5-10-24-21(17)29-19)16-9-12-26(14-16)22(28)15-6-3-4-7-15/h5,8,10,15-16H,3-4,6-7,9,11-14H2,1-2H3,(H,23,27). The number of likely N-dealkylation sites (tertiary alicyclic amines) is 1. The Balaban J connectivity index is 1.56. The average molecular weight is 415 g/mol. The Bertz CT molecular complexity index is 888. The molecular weight excluding hydrogens is 384 g/mol. The summed E-state index contributed by atoms with van der Waals surface area (Å²) in [5.41, 5.74) is 1.09. The Morgan fingerprint density at radius 3 is 2.83 bits per heavy atom. The van der Waals surface area contributed by atoms with Crippen molar-refractivity contribution >= 4 is 33.4 Å². The molecule has 156 valence electrons. The summed E-state index contributed by atoms with van der Waals surface area (Å²) in [6.45, 7) is 2.93. The lowest BCUT2D eigenvalue weighted by Gasteiger charge is -2.20. The lowest BCUT2D eigenvalue weighted by molar-refractivity contribution is -0.134. The summed E-state index contributed by atoms with van der Waals surface area (Å²) in [5, 5.41) is 4.12. The molecule has 1 aliphatic heterocycles. The number of nitrogens with zero attached hydrogens (tertiary/aromatic N) is 3. The number of aromatic nitrogens is 1. The quantitative estimate of drug-likeness (QED) is 0.789. The number of carbonyl (C=O) groups is 2. The van der Waals surface area contributed by atoms with Gasteiger partial charge in [-0.2, -0.15) is 0 Å². The second-order valence-corrected chi connectivity index (χ2v) is 9.51. The van der Waals surface area contributed by atoms with Gasteiger partial charge in [-0.05, 0) is 45.0 Å². The van der Waals surface area contributed by atoms with E-state index in [0.717, 1.165) is 53.0 Å². The molecule has 4 rings (SSSR count). The molecule has 7 heteroatoms. The van der Waals surface area contributed by atoms with E-state index in [1.807, 2.05) is 25.1 Å². The van der Waals surface area contributed by atoms with Crippen molar-refractivity contribution in [2.75, 3.05) is 40.3 Å². The first kappa shape index (κ1) is 20.3. The fourth-order valence-corrected chi connectivity index (χ4v) is 5.77. The van der Waals surface area contributed by atoms with Crippen molar-refractivity contribution in [2.45, 2.75) is 38.0 Å². The molecule has 2 fully saturated rings. The van der Waals surface area contributed by atoms with E-state index in [2.05, 4.69) is 21.3 Å². The molecule has 2 aromatic heterocycles. The highest BCUT2D eigenvalue weighted by atomic mass is 32.1. The van der Waals surface area contributed by atoms with Crippen molar-refractivity contribution in [1.29, 1.82) is 0 Å². The predicted octanol–water partition coefficient (Wildman–Crippen LogP) is 3.09. The number of carbonyl (C=O) groups excluding carboxylic acids is 2. The highest BCUT2D eigenvalue weighted by molar-refractivity contribution is 7.20. The molecule has 0 bridgehead atoms. The Morgan fingerprint density at radius 2 is 2.07 bits per heavy atom. The molecule has 2 amide bonds. The van der Waals surface area contributed by atoms with Crippen LogP contribution in [0.3, 0.4) is 0 Å². The van der Waals surface area contributed by atoms with E-state index in [4.69, 9.17) is 0 Å². The minimum atomic E-state index is -0.0228. The van der Waals surface area contributed by atoms with Crippen LogP contribution in [0.4, 0.5) is 0 Å². The van der Waals surface area contributed by atoms with E-state index in [1.54, 1.807) is 6.20 Å². The van der Waals surface area contributed by atoms with Crippen LogP contribution in [0.1, 0.15) is 53.3 Å². The molecule has 0 aromatic carbocycles. The fourth-order valence-electron chi connectivity index (χ4n) is 4.63. The third-order valence-electron chi connectivity index (χ3n) is 6.17. The number of thiophene rings is 1. The van der Waals surface area contributed by atoms with Gasteiger partial charge >= 0.3 is 0 Å². The van der Waals surface area contributed by atoms with E-state index in [0.29, 0.717) is 19.0 Å². The Morgan fingerprint density at radius 1 is 1.28 bits per heavy atom. The van der Waals surface area contributed by atoms with Crippen LogP contribution >= 0.6 is 11.3 Å². The maximum atomic E-state index is 13.0. The first-order valence-electron chi connectivity index (χ1n) is 10.6. The van der Waals surface area contributed by atoms with E-state index in [1.165, 1.54) is 24.2 Å².